The van der Waals surface area contributed by atoms with Crippen LogP contribution in [0.15, 0.2) is 47.0 Å². The monoisotopic (exact) mass is 615 g/mol. The molecule has 3 aromatic rings. The number of ether oxygens (including phenoxy) is 3. The van der Waals surface area contributed by atoms with Gasteiger partial charge in [-0.1, -0.05) is 23.4 Å². The molecule has 0 spiro atoms. The van der Waals surface area contributed by atoms with Crippen LogP contribution in [0.1, 0.15) is 66.1 Å². The SMILES string of the molecule is COc1c(NC(=O)NC2C3CCC2CC(OCc2c(-c4ccccc4OC(F)(F)F)noc2C2CC2)C3)cccc1C(=O)O. The van der Waals surface area contributed by atoms with E-state index >= 15 is 0 Å². The number of carbonyl (C=O) groups is 2. The summed E-state index contributed by atoms with van der Waals surface area (Å²) in [6.45, 7) is 0.132. The zero-order valence-corrected chi connectivity index (χ0v) is 23.9. The minimum Gasteiger partial charge on any atom is -0.494 e. The zero-order chi connectivity index (χ0) is 31.0. The van der Waals surface area contributed by atoms with Gasteiger partial charge in [-0.05, 0) is 74.6 Å². The Morgan fingerprint density at radius 2 is 1.77 bits per heavy atom. The third-order valence-electron chi connectivity index (χ3n) is 8.65. The van der Waals surface area contributed by atoms with E-state index in [1.54, 1.807) is 12.1 Å². The van der Waals surface area contributed by atoms with E-state index in [4.69, 9.17) is 14.0 Å². The van der Waals surface area contributed by atoms with Crippen molar-refractivity contribution in [3.8, 4) is 22.8 Å². The number of para-hydroxylation sites is 2. The van der Waals surface area contributed by atoms with E-state index in [9.17, 15) is 27.9 Å². The van der Waals surface area contributed by atoms with Crippen LogP contribution in [0.3, 0.4) is 0 Å². The Balaban J connectivity index is 1.12. The number of amides is 2. The minimum absolute atomic E-state index is 0.0554. The van der Waals surface area contributed by atoms with Crippen LogP contribution >= 0.6 is 0 Å². The predicted molar refractivity (Wildman–Crippen MR) is 151 cm³/mol. The molecule has 0 saturated heterocycles. The molecule has 1 heterocycles. The molecule has 6 rings (SSSR count). The molecule has 3 N–H and O–H groups in total. The summed E-state index contributed by atoms with van der Waals surface area (Å²) in [5.74, 6) is -0.309. The largest absolute Gasteiger partial charge is 0.573 e. The first-order valence-electron chi connectivity index (χ1n) is 14.5. The van der Waals surface area contributed by atoms with Crippen molar-refractivity contribution >= 4 is 17.7 Å². The number of carbonyl (C=O) groups excluding carboxylic acids is 1. The van der Waals surface area contributed by atoms with Crippen molar-refractivity contribution < 1.29 is 46.6 Å². The minimum atomic E-state index is -4.85. The summed E-state index contributed by atoms with van der Waals surface area (Å²) in [6.07, 6.45) is 0.0991. The number of nitrogens with one attached hydrogen (secondary N) is 2. The molecule has 234 valence electrons. The molecule has 2 amide bonds. The number of hydrogen-bond acceptors (Lipinski definition) is 7. The molecule has 0 radical (unpaired) electrons. The van der Waals surface area contributed by atoms with Crippen molar-refractivity contribution in [2.45, 2.75) is 69.6 Å². The number of alkyl halides is 3. The quantitative estimate of drug-likeness (QED) is 0.229. The lowest BCUT2D eigenvalue weighted by Gasteiger charge is -2.35. The summed E-state index contributed by atoms with van der Waals surface area (Å²) in [5, 5.41) is 19.4. The van der Waals surface area contributed by atoms with Crippen molar-refractivity contribution in [2.24, 2.45) is 11.8 Å². The first-order valence-corrected chi connectivity index (χ1v) is 14.5. The number of carboxylic acid groups (broad SMARTS) is 1. The Kier molecular flexibility index (Phi) is 8.14. The maximum Gasteiger partial charge on any atom is 0.573 e. The van der Waals surface area contributed by atoms with Gasteiger partial charge in [0.05, 0.1) is 25.5 Å². The molecule has 3 fully saturated rings. The molecule has 10 nitrogen and oxygen atoms in total. The van der Waals surface area contributed by atoms with Gasteiger partial charge in [0.25, 0.3) is 0 Å². The summed E-state index contributed by atoms with van der Waals surface area (Å²) in [5.41, 5.74) is 1.30. The van der Waals surface area contributed by atoms with Crippen LogP contribution in [0.4, 0.5) is 23.7 Å². The van der Waals surface area contributed by atoms with Gasteiger partial charge in [-0.2, -0.15) is 0 Å². The third-order valence-corrected chi connectivity index (χ3v) is 8.65. The molecular formula is C31H32F3N3O7. The molecular weight excluding hydrogens is 583 g/mol. The topological polar surface area (TPSA) is 132 Å². The number of hydrogen-bond donors (Lipinski definition) is 3. The van der Waals surface area contributed by atoms with Crippen LogP contribution in [-0.4, -0.2) is 47.9 Å². The fraction of sp³-hybridized carbons (Fsp3) is 0.452. The molecule has 2 atom stereocenters. The Bertz CT molecular complexity index is 1520. The predicted octanol–water partition coefficient (Wildman–Crippen LogP) is 6.72. The van der Waals surface area contributed by atoms with Gasteiger partial charge in [0.15, 0.2) is 5.75 Å². The van der Waals surface area contributed by atoms with Crippen molar-refractivity contribution in [3.05, 3.63) is 59.4 Å². The highest BCUT2D eigenvalue weighted by atomic mass is 19.4. The average molecular weight is 616 g/mol. The van der Waals surface area contributed by atoms with E-state index in [0.717, 1.165) is 25.7 Å². The van der Waals surface area contributed by atoms with E-state index < -0.39 is 18.4 Å². The number of halogens is 3. The number of fused-ring (bicyclic) bond motifs is 2. The van der Waals surface area contributed by atoms with Gasteiger partial charge in [0.1, 0.15) is 22.8 Å². The maximum atomic E-state index is 13.1. The van der Waals surface area contributed by atoms with Gasteiger partial charge in [-0.15, -0.1) is 13.2 Å². The number of methoxy groups -OCH3 is 1. The number of rotatable bonds is 10. The highest BCUT2D eigenvalue weighted by Gasteiger charge is 2.44. The first-order chi connectivity index (χ1) is 21.1. The van der Waals surface area contributed by atoms with Crippen LogP contribution in [-0.2, 0) is 11.3 Å². The van der Waals surface area contributed by atoms with E-state index in [1.807, 2.05) is 0 Å². The molecule has 1 aromatic heterocycles. The number of carboxylic acids is 1. The van der Waals surface area contributed by atoms with Crippen LogP contribution < -0.4 is 20.1 Å². The highest BCUT2D eigenvalue weighted by Crippen LogP contribution is 2.47. The Labute approximate surface area is 250 Å². The lowest BCUT2D eigenvalue weighted by Crippen LogP contribution is -2.48. The highest BCUT2D eigenvalue weighted by molar-refractivity contribution is 5.97. The maximum absolute atomic E-state index is 13.1. The van der Waals surface area contributed by atoms with Crippen molar-refractivity contribution in [1.29, 1.82) is 0 Å². The van der Waals surface area contributed by atoms with Crippen molar-refractivity contribution in [1.82, 2.24) is 10.5 Å². The number of nitrogens with zero attached hydrogens (tertiary/aromatic N) is 1. The van der Waals surface area contributed by atoms with Crippen LogP contribution in [0.5, 0.6) is 11.5 Å². The van der Waals surface area contributed by atoms with Crippen molar-refractivity contribution in [3.63, 3.8) is 0 Å². The molecule has 2 unspecified atom stereocenters. The second-order valence-electron chi connectivity index (χ2n) is 11.5. The normalized spacial score (nSPS) is 22.8. The number of urea groups is 1. The lowest BCUT2D eigenvalue weighted by atomic mass is 9.82. The molecule has 2 bridgehead atoms. The molecule has 13 heteroatoms. The van der Waals surface area contributed by atoms with Gasteiger partial charge in [0, 0.05) is 23.1 Å². The van der Waals surface area contributed by atoms with E-state index in [0.29, 0.717) is 24.2 Å². The molecule has 2 aromatic carbocycles. The number of benzene rings is 2. The first kappa shape index (κ1) is 29.8. The Hall–Kier alpha value is -4.26. The summed E-state index contributed by atoms with van der Waals surface area (Å²) in [7, 11) is 1.34. The number of aromatic carboxylic acids is 1. The Morgan fingerprint density at radius 3 is 2.43 bits per heavy atom. The van der Waals surface area contributed by atoms with E-state index in [2.05, 4.69) is 20.5 Å². The van der Waals surface area contributed by atoms with Crippen LogP contribution in [0.25, 0.3) is 11.3 Å². The molecule has 3 aliphatic rings. The zero-order valence-electron chi connectivity index (χ0n) is 23.9. The number of aromatic nitrogens is 1. The van der Waals surface area contributed by atoms with Gasteiger partial charge >= 0.3 is 18.4 Å². The summed E-state index contributed by atoms with van der Waals surface area (Å²) in [6, 6.07) is 9.84. The second-order valence-corrected chi connectivity index (χ2v) is 11.5. The van der Waals surface area contributed by atoms with E-state index in [1.165, 1.54) is 37.4 Å². The number of anilines is 1. The average Bonchev–Trinajstić information content (AvgIpc) is 3.69. The smallest absolute Gasteiger partial charge is 0.494 e. The van der Waals surface area contributed by atoms with Gasteiger partial charge in [-0.3, -0.25) is 0 Å². The van der Waals surface area contributed by atoms with Gasteiger partial charge < -0.3 is 34.5 Å². The molecule has 0 aliphatic heterocycles. The van der Waals surface area contributed by atoms with Crippen LogP contribution in [0.2, 0.25) is 0 Å². The third kappa shape index (κ3) is 6.33. The summed E-state index contributed by atoms with van der Waals surface area (Å²) in [4.78, 5) is 24.5. The van der Waals surface area contributed by atoms with Gasteiger partial charge in [-0.25, -0.2) is 9.59 Å². The summed E-state index contributed by atoms with van der Waals surface area (Å²) < 4.78 is 60.8. The van der Waals surface area contributed by atoms with Gasteiger partial charge in [0.2, 0.25) is 0 Å². The molecule has 44 heavy (non-hydrogen) atoms. The fourth-order valence-corrected chi connectivity index (χ4v) is 6.59. The Morgan fingerprint density at radius 1 is 1.05 bits per heavy atom. The van der Waals surface area contributed by atoms with Crippen LogP contribution in [0, 0.1) is 11.8 Å². The van der Waals surface area contributed by atoms with Crippen molar-refractivity contribution in [2.75, 3.05) is 12.4 Å². The molecule has 3 aliphatic carbocycles. The standard InChI is InChI=1S/C31H32F3N3O7/c1-41-28-21(29(38)39)6-4-7-23(28)35-30(40)36-25-17-11-12-18(25)14-19(13-17)42-15-22-26(37-44-27(22)16-9-10-16)20-5-2-3-8-24(20)43-31(32,33)34/h2-8,16-19,25H,9-15H2,1H3,(H,38,39)(H2,35,36,40). The van der Waals surface area contributed by atoms with E-state index in [-0.39, 0.29) is 70.5 Å². The summed E-state index contributed by atoms with van der Waals surface area (Å²) >= 11 is 0. The molecule has 3 saturated carbocycles. The lowest BCUT2D eigenvalue weighted by molar-refractivity contribution is -0.274. The fourth-order valence-electron chi connectivity index (χ4n) is 6.59. The second kappa shape index (κ2) is 12.0.